The molecule has 7 heteroatoms. The minimum atomic E-state index is -0.359. The van der Waals surface area contributed by atoms with E-state index in [-0.39, 0.29) is 5.91 Å². The first-order valence-corrected chi connectivity index (χ1v) is 6.79. The Hall–Kier alpha value is -1.34. The predicted molar refractivity (Wildman–Crippen MR) is 74.9 cm³/mol. The number of hydrogen-bond donors (Lipinski definition) is 2. The zero-order chi connectivity index (χ0) is 13.8. The highest BCUT2D eigenvalue weighted by atomic mass is 35.5. The Balaban J connectivity index is 1.93. The summed E-state index contributed by atoms with van der Waals surface area (Å²) in [6.45, 7) is 1.38. The second-order valence-electron chi connectivity index (χ2n) is 4.15. The quantitative estimate of drug-likeness (QED) is 0.504. The highest BCUT2D eigenvalue weighted by Crippen LogP contribution is 2.23. The van der Waals surface area contributed by atoms with Gasteiger partial charge in [-0.1, -0.05) is 11.6 Å². The SMILES string of the molecule is CN(Cc1cc(C(=O)NN)co1)Cc1ccc(Cl)s1. The van der Waals surface area contributed by atoms with Gasteiger partial charge in [-0.15, -0.1) is 11.3 Å². The fraction of sp³-hybridized carbons (Fsp3) is 0.250. The molecule has 0 radical (unpaired) electrons. The molecule has 3 N–H and O–H groups in total. The molecule has 0 aromatic carbocycles. The summed E-state index contributed by atoms with van der Waals surface area (Å²) in [5.74, 6) is 5.41. The Morgan fingerprint density at radius 2 is 2.32 bits per heavy atom. The lowest BCUT2D eigenvalue weighted by Gasteiger charge is -2.13. The van der Waals surface area contributed by atoms with Crippen molar-refractivity contribution in [2.45, 2.75) is 13.1 Å². The number of hydrazine groups is 1. The summed E-state index contributed by atoms with van der Waals surface area (Å²) in [5.41, 5.74) is 2.49. The van der Waals surface area contributed by atoms with E-state index in [0.717, 1.165) is 10.9 Å². The van der Waals surface area contributed by atoms with Crippen LogP contribution in [0.4, 0.5) is 0 Å². The van der Waals surface area contributed by atoms with Gasteiger partial charge in [-0.25, -0.2) is 5.84 Å². The van der Waals surface area contributed by atoms with Crippen molar-refractivity contribution in [3.05, 3.63) is 45.0 Å². The van der Waals surface area contributed by atoms with Crippen LogP contribution in [0.3, 0.4) is 0 Å². The number of nitrogens with two attached hydrogens (primary N) is 1. The summed E-state index contributed by atoms with van der Waals surface area (Å²) in [4.78, 5) is 14.5. The molecule has 0 aliphatic heterocycles. The molecule has 0 aliphatic carbocycles. The lowest BCUT2D eigenvalue weighted by molar-refractivity contribution is 0.0953. The van der Waals surface area contributed by atoms with Crippen molar-refractivity contribution >= 4 is 28.8 Å². The third-order valence-corrected chi connectivity index (χ3v) is 3.74. The lowest BCUT2D eigenvalue weighted by atomic mass is 10.3. The van der Waals surface area contributed by atoms with E-state index >= 15 is 0 Å². The molecule has 0 aliphatic rings. The predicted octanol–water partition coefficient (Wildman–Crippen LogP) is 2.23. The van der Waals surface area contributed by atoms with Crippen LogP contribution in [0.25, 0.3) is 0 Å². The number of thiophene rings is 1. The van der Waals surface area contributed by atoms with Gasteiger partial charge in [0.05, 0.1) is 16.4 Å². The van der Waals surface area contributed by atoms with E-state index in [1.807, 2.05) is 19.2 Å². The molecule has 2 heterocycles. The summed E-state index contributed by atoms with van der Waals surface area (Å²) < 4.78 is 6.10. The Bertz CT molecular complexity index is 567. The van der Waals surface area contributed by atoms with Gasteiger partial charge >= 0.3 is 0 Å². The van der Waals surface area contributed by atoms with E-state index in [0.29, 0.717) is 17.9 Å². The van der Waals surface area contributed by atoms with Gasteiger partial charge in [-0.2, -0.15) is 0 Å². The van der Waals surface area contributed by atoms with Crippen LogP contribution in [-0.4, -0.2) is 17.9 Å². The molecule has 0 spiro atoms. The van der Waals surface area contributed by atoms with Crippen molar-refractivity contribution in [1.29, 1.82) is 0 Å². The third kappa shape index (κ3) is 3.81. The number of nitrogens with one attached hydrogen (secondary N) is 1. The van der Waals surface area contributed by atoms with Gasteiger partial charge in [0.2, 0.25) is 0 Å². The van der Waals surface area contributed by atoms with E-state index < -0.39 is 0 Å². The normalized spacial score (nSPS) is 10.9. The van der Waals surface area contributed by atoms with Crippen LogP contribution in [0.1, 0.15) is 21.0 Å². The first-order valence-electron chi connectivity index (χ1n) is 5.59. The molecule has 1 amide bonds. The second-order valence-corrected chi connectivity index (χ2v) is 5.95. The Kier molecular flexibility index (Phi) is 4.60. The van der Waals surface area contributed by atoms with Gasteiger partial charge in [0, 0.05) is 11.4 Å². The molecule has 102 valence electrons. The fourth-order valence-electron chi connectivity index (χ4n) is 1.69. The second kappa shape index (κ2) is 6.21. The molecule has 0 saturated heterocycles. The van der Waals surface area contributed by atoms with E-state index in [4.69, 9.17) is 21.9 Å². The van der Waals surface area contributed by atoms with Crippen molar-refractivity contribution < 1.29 is 9.21 Å². The van der Waals surface area contributed by atoms with Crippen LogP contribution in [0.5, 0.6) is 0 Å². The smallest absolute Gasteiger partial charge is 0.268 e. The zero-order valence-corrected chi connectivity index (χ0v) is 11.9. The number of carbonyl (C=O) groups is 1. The monoisotopic (exact) mass is 299 g/mol. The minimum Gasteiger partial charge on any atom is -0.467 e. The van der Waals surface area contributed by atoms with Crippen LogP contribution in [-0.2, 0) is 13.1 Å². The highest BCUT2D eigenvalue weighted by molar-refractivity contribution is 7.16. The van der Waals surface area contributed by atoms with Crippen molar-refractivity contribution in [2.75, 3.05) is 7.05 Å². The number of carbonyl (C=O) groups excluding carboxylic acids is 1. The van der Waals surface area contributed by atoms with Crippen LogP contribution in [0, 0.1) is 0 Å². The Morgan fingerprint density at radius 3 is 2.95 bits per heavy atom. The number of hydrogen-bond acceptors (Lipinski definition) is 5. The number of furan rings is 1. The van der Waals surface area contributed by atoms with E-state index in [9.17, 15) is 4.79 Å². The van der Waals surface area contributed by atoms with E-state index in [1.165, 1.54) is 11.1 Å². The molecule has 0 fully saturated rings. The molecule has 5 nitrogen and oxygen atoms in total. The molecule has 0 saturated carbocycles. The average molecular weight is 300 g/mol. The molecule has 0 unspecified atom stereocenters. The zero-order valence-electron chi connectivity index (χ0n) is 10.4. The van der Waals surface area contributed by atoms with Crippen molar-refractivity contribution in [3.63, 3.8) is 0 Å². The molecule has 0 atom stereocenters. The van der Waals surface area contributed by atoms with Gasteiger partial charge in [0.15, 0.2) is 0 Å². The van der Waals surface area contributed by atoms with E-state index in [2.05, 4.69) is 10.3 Å². The molecule has 19 heavy (non-hydrogen) atoms. The topological polar surface area (TPSA) is 71.5 Å². The number of halogens is 1. The molecular weight excluding hydrogens is 286 g/mol. The summed E-state index contributed by atoms with van der Waals surface area (Å²) >= 11 is 7.44. The van der Waals surface area contributed by atoms with Gasteiger partial charge in [0.25, 0.3) is 5.91 Å². The maximum Gasteiger partial charge on any atom is 0.268 e. The summed E-state index contributed by atoms with van der Waals surface area (Å²) in [5, 5.41) is 0. The number of amides is 1. The number of rotatable bonds is 5. The van der Waals surface area contributed by atoms with Crippen LogP contribution >= 0.6 is 22.9 Å². The Labute approximate surface area is 119 Å². The minimum absolute atomic E-state index is 0.359. The number of nitrogens with zero attached hydrogens (tertiary/aromatic N) is 1. The van der Waals surface area contributed by atoms with Gasteiger partial charge < -0.3 is 4.42 Å². The molecule has 0 bridgehead atoms. The number of nitrogen functional groups attached to an aromatic ring is 1. The maximum atomic E-state index is 11.3. The average Bonchev–Trinajstić information content (AvgIpc) is 2.98. The van der Waals surface area contributed by atoms with Crippen molar-refractivity contribution in [3.8, 4) is 0 Å². The first kappa shape index (κ1) is 14.1. The van der Waals surface area contributed by atoms with Crippen LogP contribution < -0.4 is 11.3 Å². The van der Waals surface area contributed by atoms with Crippen molar-refractivity contribution in [2.24, 2.45) is 5.84 Å². The Morgan fingerprint density at radius 1 is 1.53 bits per heavy atom. The summed E-state index contributed by atoms with van der Waals surface area (Å²) in [6, 6.07) is 5.56. The summed E-state index contributed by atoms with van der Waals surface area (Å²) in [6.07, 6.45) is 1.40. The third-order valence-electron chi connectivity index (χ3n) is 2.53. The molecule has 2 aromatic heterocycles. The molecular formula is C12H14ClN3O2S. The van der Waals surface area contributed by atoms with Crippen molar-refractivity contribution in [1.82, 2.24) is 10.3 Å². The standard InChI is InChI=1S/C12H14ClN3O2S/c1-16(6-10-2-3-11(13)19-10)5-9-4-8(7-18-9)12(17)15-14/h2-4,7H,5-6,14H2,1H3,(H,15,17). The van der Waals surface area contributed by atoms with Crippen LogP contribution in [0.15, 0.2) is 28.9 Å². The van der Waals surface area contributed by atoms with Gasteiger partial charge in [0.1, 0.15) is 12.0 Å². The first-order chi connectivity index (χ1) is 9.08. The highest BCUT2D eigenvalue weighted by Gasteiger charge is 2.11. The van der Waals surface area contributed by atoms with Gasteiger partial charge in [-0.3, -0.25) is 15.1 Å². The lowest BCUT2D eigenvalue weighted by Crippen LogP contribution is -2.29. The van der Waals surface area contributed by atoms with Crippen LogP contribution in [0.2, 0.25) is 4.34 Å². The summed E-state index contributed by atoms with van der Waals surface area (Å²) in [7, 11) is 1.97. The maximum absolute atomic E-state index is 11.3. The van der Waals surface area contributed by atoms with E-state index in [1.54, 1.807) is 17.4 Å². The molecule has 2 aromatic rings. The molecule has 2 rings (SSSR count). The van der Waals surface area contributed by atoms with Gasteiger partial charge in [-0.05, 0) is 25.2 Å². The fourth-order valence-corrected chi connectivity index (χ4v) is 2.86. The largest absolute Gasteiger partial charge is 0.467 e.